The summed E-state index contributed by atoms with van der Waals surface area (Å²) in [5.74, 6) is 0.193. The molecule has 0 aromatic heterocycles. The summed E-state index contributed by atoms with van der Waals surface area (Å²) in [6, 6.07) is 4.82. The minimum Gasteiger partial charge on any atom is -0.496 e. The summed E-state index contributed by atoms with van der Waals surface area (Å²) in [7, 11) is -1.53. The average Bonchev–Trinajstić information content (AvgIpc) is 2.38. The minimum absolute atomic E-state index is 0.00334. The molecule has 1 fully saturated rings. The van der Waals surface area contributed by atoms with E-state index < -0.39 is 9.84 Å². The Bertz CT molecular complexity index is 584. The molecule has 0 unspecified atom stereocenters. The van der Waals surface area contributed by atoms with Gasteiger partial charge in [0.15, 0.2) is 9.84 Å². The zero-order valence-electron chi connectivity index (χ0n) is 10.6. The molecule has 2 rings (SSSR count). The van der Waals surface area contributed by atoms with E-state index in [4.69, 9.17) is 10.5 Å². The molecule has 0 saturated carbocycles. The van der Waals surface area contributed by atoms with Gasteiger partial charge in [0.05, 0.1) is 24.2 Å². The summed E-state index contributed by atoms with van der Waals surface area (Å²) in [5.41, 5.74) is 6.50. The Kier molecular flexibility index (Phi) is 3.66. The number of benzene rings is 1. The van der Waals surface area contributed by atoms with Crippen LogP contribution in [0.15, 0.2) is 18.2 Å². The number of methoxy groups -OCH3 is 1. The molecule has 0 atom stereocenters. The smallest absolute Gasteiger partial charge is 0.257 e. The van der Waals surface area contributed by atoms with Gasteiger partial charge in [0.25, 0.3) is 5.91 Å². The van der Waals surface area contributed by atoms with Crippen molar-refractivity contribution in [2.24, 2.45) is 0 Å². The normalized spacial score (nSPS) is 18.1. The lowest BCUT2D eigenvalue weighted by Gasteiger charge is -2.27. The van der Waals surface area contributed by atoms with Crippen LogP contribution >= 0.6 is 0 Å². The van der Waals surface area contributed by atoms with E-state index in [1.807, 2.05) is 0 Å². The van der Waals surface area contributed by atoms with E-state index in [-0.39, 0.29) is 30.5 Å². The molecule has 2 N–H and O–H groups in total. The first-order valence-electron chi connectivity index (χ1n) is 5.86. The van der Waals surface area contributed by atoms with Crippen molar-refractivity contribution in [1.82, 2.24) is 4.90 Å². The van der Waals surface area contributed by atoms with Crippen LogP contribution < -0.4 is 10.5 Å². The van der Waals surface area contributed by atoms with E-state index in [2.05, 4.69) is 0 Å². The number of carbonyl (C=O) groups is 1. The van der Waals surface area contributed by atoms with Crippen molar-refractivity contribution in [1.29, 1.82) is 0 Å². The molecular formula is C12H16N2O4S. The van der Waals surface area contributed by atoms with Crippen LogP contribution in [0.2, 0.25) is 0 Å². The van der Waals surface area contributed by atoms with Gasteiger partial charge in [-0.05, 0) is 18.2 Å². The van der Waals surface area contributed by atoms with Crippen molar-refractivity contribution in [3.8, 4) is 5.75 Å². The number of anilines is 1. The number of hydrogen-bond donors (Lipinski definition) is 1. The van der Waals surface area contributed by atoms with Gasteiger partial charge in [0.2, 0.25) is 0 Å². The van der Waals surface area contributed by atoms with Crippen LogP contribution in [0.5, 0.6) is 5.75 Å². The molecule has 0 spiro atoms. The molecule has 1 heterocycles. The number of amides is 1. The molecule has 1 aliphatic rings. The second-order valence-corrected chi connectivity index (χ2v) is 6.71. The lowest BCUT2D eigenvalue weighted by molar-refractivity contribution is 0.0767. The molecular weight excluding hydrogens is 268 g/mol. The summed E-state index contributed by atoms with van der Waals surface area (Å²) in [6.45, 7) is 0.415. The summed E-state index contributed by atoms with van der Waals surface area (Å²) in [5, 5.41) is 0. The Balaban J connectivity index is 2.23. The van der Waals surface area contributed by atoms with Gasteiger partial charge in [-0.1, -0.05) is 0 Å². The highest BCUT2D eigenvalue weighted by Gasteiger charge is 2.27. The van der Waals surface area contributed by atoms with Gasteiger partial charge in [0, 0.05) is 18.8 Å². The van der Waals surface area contributed by atoms with Gasteiger partial charge in [-0.25, -0.2) is 8.42 Å². The fourth-order valence-electron chi connectivity index (χ4n) is 1.98. The van der Waals surface area contributed by atoms with Gasteiger partial charge in [-0.2, -0.15) is 0 Å². The average molecular weight is 284 g/mol. The molecule has 0 aliphatic carbocycles. The monoisotopic (exact) mass is 284 g/mol. The van der Waals surface area contributed by atoms with Crippen molar-refractivity contribution < 1.29 is 17.9 Å². The van der Waals surface area contributed by atoms with Crippen LogP contribution in [0.3, 0.4) is 0 Å². The van der Waals surface area contributed by atoms with E-state index in [1.54, 1.807) is 18.2 Å². The molecule has 1 aromatic rings. The van der Waals surface area contributed by atoms with E-state index in [9.17, 15) is 13.2 Å². The Morgan fingerprint density at radius 3 is 2.53 bits per heavy atom. The minimum atomic E-state index is -3.01. The predicted octanol–water partition coefficient (Wildman–Crippen LogP) is 0.148. The highest BCUT2D eigenvalue weighted by atomic mass is 32.2. The maximum Gasteiger partial charge on any atom is 0.257 e. The molecule has 6 nitrogen and oxygen atoms in total. The first kappa shape index (κ1) is 13.7. The third kappa shape index (κ3) is 2.98. The van der Waals surface area contributed by atoms with Crippen LogP contribution in [0.25, 0.3) is 0 Å². The molecule has 1 aliphatic heterocycles. The standard InChI is InChI=1S/C12H16N2O4S/c1-18-11-3-2-9(13)8-10(11)12(15)14-4-6-19(16,17)7-5-14/h2-3,8H,4-7,13H2,1H3. The third-order valence-electron chi connectivity index (χ3n) is 3.09. The first-order chi connectivity index (χ1) is 8.93. The SMILES string of the molecule is COc1ccc(N)cc1C(=O)N1CCS(=O)(=O)CC1. The fraction of sp³-hybridized carbons (Fsp3) is 0.417. The quantitative estimate of drug-likeness (QED) is 0.781. The van der Waals surface area contributed by atoms with Crippen molar-refractivity contribution in [3.05, 3.63) is 23.8 Å². The molecule has 0 radical (unpaired) electrons. The molecule has 0 bridgehead atoms. The Morgan fingerprint density at radius 1 is 1.32 bits per heavy atom. The van der Waals surface area contributed by atoms with Gasteiger partial charge < -0.3 is 15.4 Å². The topological polar surface area (TPSA) is 89.7 Å². The highest BCUT2D eigenvalue weighted by Crippen LogP contribution is 2.23. The summed E-state index contributed by atoms with van der Waals surface area (Å²) >= 11 is 0. The Hall–Kier alpha value is -1.76. The van der Waals surface area contributed by atoms with Gasteiger partial charge in [-0.15, -0.1) is 0 Å². The van der Waals surface area contributed by atoms with Gasteiger partial charge >= 0.3 is 0 Å². The van der Waals surface area contributed by atoms with Crippen molar-refractivity contribution in [2.75, 3.05) is 37.4 Å². The van der Waals surface area contributed by atoms with E-state index in [0.717, 1.165) is 0 Å². The second kappa shape index (κ2) is 5.08. The van der Waals surface area contributed by atoms with Crippen LogP contribution in [-0.4, -0.2) is 50.9 Å². The lowest BCUT2D eigenvalue weighted by atomic mass is 10.1. The largest absolute Gasteiger partial charge is 0.496 e. The fourth-order valence-corrected chi connectivity index (χ4v) is 3.18. The van der Waals surface area contributed by atoms with Crippen LogP contribution in [0, 0.1) is 0 Å². The van der Waals surface area contributed by atoms with Crippen LogP contribution in [-0.2, 0) is 9.84 Å². The van der Waals surface area contributed by atoms with Crippen LogP contribution in [0.4, 0.5) is 5.69 Å². The number of nitrogen functional groups attached to an aromatic ring is 1. The maximum absolute atomic E-state index is 12.3. The van der Waals surface area contributed by atoms with Gasteiger partial charge in [-0.3, -0.25) is 4.79 Å². The molecule has 104 valence electrons. The summed E-state index contributed by atoms with van der Waals surface area (Å²) in [6.07, 6.45) is 0. The lowest BCUT2D eigenvalue weighted by Crippen LogP contribution is -2.43. The molecule has 19 heavy (non-hydrogen) atoms. The van der Waals surface area contributed by atoms with Crippen molar-refractivity contribution in [2.45, 2.75) is 0 Å². The van der Waals surface area contributed by atoms with Crippen molar-refractivity contribution >= 4 is 21.4 Å². The zero-order chi connectivity index (χ0) is 14.0. The zero-order valence-corrected chi connectivity index (χ0v) is 11.4. The first-order valence-corrected chi connectivity index (χ1v) is 7.68. The summed E-state index contributed by atoms with van der Waals surface area (Å²) < 4.78 is 27.8. The van der Waals surface area contributed by atoms with E-state index in [1.165, 1.54) is 12.0 Å². The third-order valence-corrected chi connectivity index (χ3v) is 4.69. The summed E-state index contributed by atoms with van der Waals surface area (Å²) in [4.78, 5) is 13.9. The van der Waals surface area contributed by atoms with E-state index >= 15 is 0 Å². The number of rotatable bonds is 2. The van der Waals surface area contributed by atoms with E-state index in [0.29, 0.717) is 17.0 Å². The number of nitrogens with two attached hydrogens (primary N) is 1. The predicted molar refractivity (Wildman–Crippen MR) is 72.0 cm³/mol. The number of sulfone groups is 1. The van der Waals surface area contributed by atoms with Crippen LogP contribution in [0.1, 0.15) is 10.4 Å². The molecule has 1 saturated heterocycles. The second-order valence-electron chi connectivity index (χ2n) is 4.40. The highest BCUT2D eigenvalue weighted by molar-refractivity contribution is 7.91. The van der Waals surface area contributed by atoms with Crippen molar-refractivity contribution in [3.63, 3.8) is 0 Å². The molecule has 1 aromatic carbocycles. The molecule has 1 amide bonds. The molecule has 7 heteroatoms. The number of ether oxygens (including phenoxy) is 1. The number of carbonyl (C=O) groups excluding carboxylic acids is 1. The number of hydrogen-bond acceptors (Lipinski definition) is 5. The van der Waals surface area contributed by atoms with Gasteiger partial charge in [0.1, 0.15) is 5.75 Å². The number of nitrogens with zero attached hydrogens (tertiary/aromatic N) is 1. The Morgan fingerprint density at radius 2 is 1.95 bits per heavy atom. The Labute approximate surface area is 112 Å². The maximum atomic E-state index is 12.3.